The molecule has 4 nitrogen and oxygen atoms in total. The summed E-state index contributed by atoms with van der Waals surface area (Å²) >= 11 is 6.40. The predicted molar refractivity (Wildman–Crippen MR) is 108 cm³/mol. The van der Waals surface area contributed by atoms with Gasteiger partial charge in [0.15, 0.2) is 0 Å². The van der Waals surface area contributed by atoms with Crippen LogP contribution < -0.4 is 11.1 Å². The zero-order valence-corrected chi connectivity index (χ0v) is 16.1. The van der Waals surface area contributed by atoms with Gasteiger partial charge >= 0.3 is 0 Å². The average Bonchev–Trinajstić information content (AvgIpc) is 2.64. The summed E-state index contributed by atoms with van der Waals surface area (Å²) in [6.45, 7) is 1.71. The van der Waals surface area contributed by atoms with Crippen LogP contribution in [0.25, 0.3) is 0 Å². The molecule has 2 aromatic rings. The third-order valence-corrected chi connectivity index (χ3v) is 5.18. The lowest BCUT2D eigenvalue weighted by Crippen LogP contribution is -2.48. The van der Waals surface area contributed by atoms with Crippen molar-refractivity contribution in [1.29, 1.82) is 0 Å². The van der Waals surface area contributed by atoms with E-state index in [0.29, 0.717) is 37.6 Å². The summed E-state index contributed by atoms with van der Waals surface area (Å²) in [5, 5.41) is 3.73. The van der Waals surface area contributed by atoms with Crippen LogP contribution >= 0.6 is 24.0 Å². The van der Waals surface area contributed by atoms with Crippen molar-refractivity contribution >= 4 is 35.6 Å². The molecule has 140 valence electrons. The molecular weight excluding hydrogens is 371 g/mol. The fourth-order valence-corrected chi connectivity index (χ4v) is 3.68. The third-order valence-electron chi connectivity index (χ3n) is 4.85. The van der Waals surface area contributed by atoms with Crippen LogP contribution in [-0.2, 0) is 21.4 Å². The summed E-state index contributed by atoms with van der Waals surface area (Å²) in [6, 6.07) is 15.3. The fourth-order valence-electron chi connectivity index (χ4n) is 3.36. The van der Waals surface area contributed by atoms with Gasteiger partial charge in [-0.25, -0.2) is 0 Å². The van der Waals surface area contributed by atoms with Gasteiger partial charge in [-0.15, -0.1) is 12.4 Å². The van der Waals surface area contributed by atoms with Crippen molar-refractivity contribution in [2.24, 2.45) is 0 Å². The molecule has 0 bridgehead atoms. The predicted octanol–water partition coefficient (Wildman–Crippen LogP) is 3.75. The first-order valence-corrected chi connectivity index (χ1v) is 8.95. The molecule has 0 unspecified atom stereocenters. The Kier molecular flexibility index (Phi) is 7.33. The van der Waals surface area contributed by atoms with E-state index >= 15 is 0 Å². The molecule has 1 amide bonds. The number of hydrogen-bond donors (Lipinski definition) is 2. The van der Waals surface area contributed by atoms with Crippen LogP contribution in [-0.4, -0.2) is 25.7 Å². The topological polar surface area (TPSA) is 64.3 Å². The van der Waals surface area contributed by atoms with Gasteiger partial charge in [-0.1, -0.05) is 41.9 Å². The summed E-state index contributed by atoms with van der Waals surface area (Å²) in [5.41, 5.74) is 7.87. The maximum Gasteiger partial charge on any atom is 0.230 e. The molecule has 3 N–H and O–H groups in total. The van der Waals surface area contributed by atoms with Gasteiger partial charge in [-0.3, -0.25) is 4.79 Å². The molecule has 1 aliphatic rings. The second-order valence-corrected chi connectivity index (χ2v) is 6.83. The Hall–Kier alpha value is -1.75. The van der Waals surface area contributed by atoms with E-state index in [2.05, 4.69) is 5.32 Å². The number of nitrogens with two attached hydrogens (primary N) is 1. The second kappa shape index (κ2) is 9.26. The molecule has 1 saturated heterocycles. The van der Waals surface area contributed by atoms with Crippen molar-refractivity contribution in [2.75, 3.05) is 25.5 Å². The first-order chi connectivity index (χ1) is 12.1. The largest absolute Gasteiger partial charge is 0.399 e. The summed E-state index contributed by atoms with van der Waals surface area (Å²) in [5.74, 6) is 0.0272. The van der Waals surface area contributed by atoms with Gasteiger partial charge in [0, 0.05) is 30.5 Å². The zero-order chi connectivity index (χ0) is 17.7. The lowest BCUT2D eigenvalue weighted by atomic mass is 9.73. The van der Waals surface area contributed by atoms with Crippen molar-refractivity contribution < 1.29 is 9.53 Å². The van der Waals surface area contributed by atoms with Crippen LogP contribution in [0.5, 0.6) is 0 Å². The second-order valence-electron chi connectivity index (χ2n) is 6.42. The van der Waals surface area contributed by atoms with Crippen molar-refractivity contribution in [3.8, 4) is 0 Å². The average molecular weight is 395 g/mol. The van der Waals surface area contributed by atoms with Crippen LogP contribution in [0.2, 0.25) is 5.02 Å². The molecule has 0 saturated carbocycles. The first-order valence-electron chi connectivity index (χ1n) is 8.57. The number of amides is 1. The highest BCUT2D eigenvalue weighted by atomic mass is 35.5. The number of carbonyl (C=O) groups excluding carboxylic acids is 1. The molecule has 2 aromatic carbocycles. The van der Waals surface area contributed by atoms with E-state index in [9.17, 15) is 4.79 Å². The van der Waals surface area contributed by atoms with E-state index in [1.807, 2.05) is 48.5 Å². The van der Waals surface area contributed by atoms with E-state index < -0.39 is 5.41 Å². The highest BCUT2D eigenvalue weighted by Gasteiger charge is 2.42. The highest BCUT2D eigenvalue weighted by Crippen LogP contribution is 2.38. The fraction of sp³-hybridized carbons (Fsp3) is 0.350. The Morgan fingerprint density at radius 3 is 2.42 bits per heavy atom. The van der Waals surface area contributed by atoms with Crippen LogP contribution in [0.3, 0.4) is 0 Å². The number of halogens is 2. The van der Waals surface area contributed by atoms with E-state index in [1.54, 1.807) is 0 Å². The van der Waals surface area contributed by atoms with Crippen LogP contribution in [0.1, 0.15) is 24.0 Å². The van der Waals surface area contributed by atoms with Crippen molar-refractivity contribution in [2.45, 2.75) is 24.7 Å². The van der Waals surface area contributed by atoms with Crippen molar-refractivity contribution in [3.05, 3.63) is 64.7 Å². The molecule has 0 aromatic heterocycles. The normalized spacial score (nSPS) is 15.7. The van der Waals surface area contributed by atoms with Gasteiger partial charge in [0.1, 0.15) is 0 Å². The molecule has 26 heavy (non-hydrogen) atoms. The van der Waals surface area contributed by atoms with Crippen molar-refractivity contribution in [3.63, 3.8) is 0 Å². The lowest BCUT2D eigenvalue weighted by molar-refractivity contribution is -0.130. The van der Waals surface area contributed by atoms with Gasteiger partial charge in [0.2, 0.25) is 5.91 Å². The van der Waals surface area contributed by atoms with Crippen molar-refractivity contribution in [1.82, 2.24) is 5.32 Å². The molecule has 3 rings (SSSR count). The maximum absolute atomic E-state index is 13.1. The first kappa shape index (κ1) is 20.6. The zero-order valence-electron chi connectivity index (χ0n) is 14.5. The quantitative estimate of drug-likeness (QED) is 0.758. The van der Waals surface area contributed by atoms with Crippen LogP contribution in [0.4, 0.5) is 5.69 Å². The molecular formula is C20H24Cl2N2O2. The Morgan fingerprint density at radius 2 is 1.77 bits per heavy atom. The highest BCUT2D eigenvalue weighted by molar-refractivity contribution is 6.31. The van der Waals surface area contributed by atoms with Gasteiger partial charge < -0.3 is 15.8 Å². The molecule has 1 fully saturated rings. The minimum absolute atomic E-state index is 0. The number of carbonyl (C=O) groups is 1. The van der Waals surface area contributed by atoms with E-state index in [-0.39, 0.29) is 18.3 Å². The minimum atomic E-state index is -0.613. The Morgan fingerprint density at radius 1 is 1.12 bits per heavy atom. The van der Waals surface area contributed by atoms with Crippen LogP contribution in [0.15, 0.2) is 48.5 Å². The molecule has 0 atom stereocenters. The molecule has 6 heteroatoms. The summed E-state index contributed by atoms with van der Waals surface area (Å²) < 4.78 is 5.49. The van der Waals surface area contributed by atoms with E-state index in [1.165, 1.54) is 0 Å². The molecule has 0 spiro atoms. The molecule has 0 radical (unpaired) electrons. The minimum Gasteiger partial charge on any atom is -0.399 e. The van der Waals surface area contributed by atoms with Gasteiger partial charge in [0.25, 0.3) is 0 Å². The number of hydrogen-bond acceptors (Lipinski definition) is 3. The lowest BCUT2D eigenvalue weighted by Gasteiger charge is -2.36. The van der Waals surface area contributed by atoms with Gasteiger partial charge in [-0.2, -0.15) is 0 Å². The smallest absolute Gasteiger partial charge is 0.230 e. The number of anilines is 1. The summed E-state index contributed by atoms with van der Waals surface area (Å²) in [7, 11) is 0. The summed E-state index contributed by atoms with van der Waals surface area (Å²) in [4.78, 5) is 13.1. The Labute approximate surface area is 165 Å². The van der Waals surface area contributed by atoms with Gasteiger partial charge in [-0.05, 0) is 48.6 Å². The molecule has 1 aliphatic heterocycles. The van der Waals surface area contributed by atoms with E-state index in [4.69, 9.17) is 22.1 Å². The number of nitrogen functional groups attached to an aromatic ring is 1. The number of benzene rings is 2. The summed E-state index contributed by atoms with van der Waals surface area (Å²) in [6.07, 6.45) is 2.05. The Balaban J connectivity index is 0.00000243. The monoisotopic (exact) mass is 394 g/mol. The maximum atomic E-state index is 13.1. The molecule has 0 aliphatic carbocycles. The van der Waals surface area contributed by atoms with E-state index in [0.717, 1.165) is 23.2 Å². The Bertz CT molecular complexity index is 729. The molecule has 1 heterocycles. The number of ether oxygens (including phenoxy) is 1. The number of rotatable bonds is 5. The van der Waals surface area contributed by atoms with Gasteiger partial charge in [0.05, 0.1) is 5.41 Å². The number of nitrogens with one attached hydrogen (secondary N) is 1. The standard InChI is InChI=1S/C20H23ClN2O2.ClH/c21-18-4-2-1-3-17(18)20(10-13-25-14-11-20)19(24)23-12-9-15-5-7-16(22)8-6-15;/h1-8H,9-14,22H2,(H,23,24);1H. The SMILES string of the molecule is Cl.Nc1ccc(CCNC(=O)C2(c3ccccc3Cl)CCOCC2)cc1. The third kappa shape index (κ3) is 4.50. The van der Waals surface area contributed by atoms with Crippen LogP contribution in [0, 0.1) is 0 Å².